The maximum Gasteiger partial charge on any atom is 0.260 e. The van der Waals surface area contributed by atoms with Gasteiger partial charge in [0.05, 0.1) is 27.4 Å². The first-order valence-electron chi connectivity index (χ1n) is 8.53. The number of nitrogens with zero attached hydrogens (tertiary/aromatic N) is 3. The summed E-state index contributed by atoms with van der Waals surface area (Å²) in [5.74, 6) is -1.47. The van der Waals surface area contributed by atoms with Gasteiger partial charge in [0.25, 0.3) is 11.8 Å². The Hall–Kier alpha value is -4.03. The van der Waals surface area contributed by atoms with E-state index < -0.39 is 17.6 Å². The number of carbonyl (C=O) groups is 2. The number of halogens is 2. The smallest absolute Gasteiger partial charge is 0.260 e. The maximum atomic E-state index is 14.1. The van der Waals surface area contributed by atoms with Gasteiger partial charge in [0.1, 0.15) is 23.5 Å². The molecule has 8 nitrogen and oxygen atoms in total. The lowest BCUT2D eigenvalue weighted by Crippen LogP contribution is -2.22. The Morgan fingerprint density at radius 2 is 1.87 bits per heavy atom. The van der Waals surface area contributed by atoms with E-state index in [1.54, 1.807) is 12.1 Å². The molecule has 30 heavy (non-hydrogen) atoms. The SMILES string of the molecule is CNC(=O)c1cnc(Nc2ccc(C#N)cn2)cc1NC(=O)c1c(F)cccc1Cl. The number of amides is 2. The molecule has 3 rings (SSSR count). The fraction of sp³-hybridized carbons (Fsp3) is 0.0500. The summed E-state index contributed by atoms with van der Waals surface area (Å²) in [6.45, 7) is 0. The van der Waals surface area contributed by atoms with Gasteiger partial charge in [-0.05, 0) is 24.3 Å². The van der Waals surface area contributed by atoms with Crippen LogP contribution in [0.1, 0.15) is 26.3 Å². The number of aromatic nitrogens is 2. The Bertz CT molecular complexity index is 1140. The summed E-state index contributed by atoms with van der Waals surface area (Å²) in [6, 6.07) is 10.4. The van der Waals surface area contributed by atoms with E-state index in [0.29, 0.717) is 11.4 Å². The second-order valence-electron chi connectivity index (χ2n) is 5.91. The molecule has 0 fully saturated rings. The first-order valence-corrected chi connectivity index (χ1v) is 8.91. The van der Waals surface area contributed by atoms with Crippen LogP contribution in [0.3, 0.4) is 0 Å². The molecule has 150 valence electrons. The van der Waals surface area contributed by atoms with Crippen LogP contribution < -0.4 is 16.0 Å². The van der Waals surface area contributed by atoms with Crippen LogP contribution in [0.5, 0.6) is 0 Å². The van der Waals surface area contributed by atoms with Crippen molar-refractivity contribution in [3.8, 4) is 6.07 Å². The van der Waals surface area contributed by atoms with Gasteiger partial charge in [-0.15, -0.1) is 0 Å². The molecule has 10 heteroatoms. The van der Waals surface area contributed by atoms with Crippen LogP contribution >= 0.6 is 11.6 Å². The van der Waals surface area contributed by atoms with Crippen molar-refractivity contribution in [2.24, 2.45) is 0 Å². The number of hydrogen-bond acceptors (Lipinski definition) is 6. The highest BCUT2D eigenvalue weighted by atomic mass is 35.5. The standard InChI is InChI=1S/C20H14ClFN6O2/c1-24-19(29)12-10-26-17(28-16-6-5-11(8-23)9-25-16)7-15(12)27-20(30)18-13(21)3-2-4-14(18)22/h2-7,9-10H,1H3,(H,24,29)(H2,25,26,27,28,30). The molecule has 0 unspecified atom stereocenters. The summed E-state index contributed by atoms with van der Waals surface area (Å²) in [5.41, 5.74) is 0.196. The Morgan fingerprint density at radius 1 is 1.10 bits per heavy atom. The third-order valence-corrected chi connectivity index (χ3v) is 4.28. The van der Waals surface area contributed by atoms with Crippen LogP contribution in [-0.4, -0.2) is 28.8 Å². The lowest BCUT2D eigenvalue weighted by molar-refractivity contribution is 0.0963. The van der Waals surface area contributed by atoms with Gasteiger partial charge < -0.3 is 16.0 Å². The highest BCUT2D eigenvalue weighted by molar-refractivity contribution is 6.34. The highest BCUT2D eigenvalue weighted by Gasteiger charge is 2.19. The van der Waals surface area contributed by atoms with Gasteiger partial charge in [0.15, 0.2) is 0 Å². The van der Waals surface area contributed by atoms with E-state index >= 15 is 0 Å². The van der Waals surface area contributed by atoms with E-state index in [1.807, 2.05) is 6.07 Å². The molecular weight excluding hydrogens is 411 g/mol. The average molecular weight is 425 g/mol. The summed E-state index contributed by atoms with van der Waals surface area (Å²) in [6.07, 6.45) is 2.63. The minimum atomic E-state index is -0.822. The average Bonchev–Trinajstić information content (AvgIpc) is 2.74. The lowest BCUT2D eigenvalue weighted by atomic mass is 10.1. The fourth-order valence-corrected chi connectivity index (χ4v) is 2.76. The van der Waals surface area contributed by atoms with E-state index in [1.165, 1.54) is 37.6 Å². The second-order valence-corrected chi connectivity index (χ2v) is 6.32. The number of anilines is 3. The topological polar surface area (TPSA) is 120 Å². The van der Waals surface area contributed by atoms with Crippen LogP contribution in [0.2, 0.25) is 5.02 Å². The number of nitriles is 1. The normalized spacial score (nSPS) is 10.1. The van der Waals surface area contributed by atoms with Crippen molar-refractivity contribution < 1.29 is 14.0 Å². The van der Waals surface area contributed by atoms with Gasteiger partial charge in [-0.1, -0.05) is 17.7 Å². The highest BCUT2D eigenvalue weighted by Crippen LogP contribution is 2.24. The molecule has 0 aliphatic carbocycles. The zero-order valence-corrected chi connectivity index (χ0v) is 16.3. The molecule has 0 saturated heterocycles. The van der Waals surface area contributed by atoms with Gasteiger partial charge in [-0.3, -0.25) is 9.59 Å². The molecule has 0 bridgehead atoms. The van der Waals surface area contributed by atoms with E-state index in [2.05, 4.69) is 25.9 Å². The number of nitrogens with one attached hydrogen (secondary N) is 3. The third-order valence-electron chi connectivity index (χ3n) is 3.96. The monoisotopic (exact) mass is 424 g/mol. The molecule has 3 aromatic rings. The zero-order chi connectivity index (χ0) is 21.7. The van der Waals surface area contributed by atoms with Crippen LogP contribution in [0.15, 0.2) is 48.8 Å². The molecule has 0 aliphatic rings. The molecule has 0 radical (unpaired) electrons. The van der Waals surface area contributed by atoms with Gasteiger partial charge in [-0.25, -0.2) is 14.4 Å². The van der Waals surface area contributed by atoms with Gasteiger partial charge in [0.2, 0.25) is 0 Å². The van der Waals surface area contributed by atoms with Crippen molar-refractivity contribution >= 4 is 40.7 Å². The van der Waals surface area contributed by atoms with E-state index in [4.69, 9.17) is 16.9 Å². The fourth-order valence-electron chi connectivity index (χ4n) is 2.51. The molecule has 2 amide bonds. The largest absolute Gasteiger partial charge is 0.355 e. The Balaban J connectivity index is 1.94. The summed E-state index contributed by atoms with van der Waals surface area (Å²) >= 11 is 5.95. The van der Waals surface area contributed by atoms with Crippen molar-refractivity contribution in [3.63, 3.8) is 0 Å². The quantitative estimate of drug-likeness (QED) is 0.576. The van der Waals surface area contributed by atoms with Crippen molar-refractivity contribution in [2.75, 3.05) is 17.7 Å². The Morgan fingerprint density at radius 3 is 2.50 bits per heavy atom. The Labute approximate surface area is 175 Å². The van der Waals surface area contributed by atoms with Crippen LogP contribution in [0, 0.1) is 17.1 Å². The minimum Gasteiger partial charge on any atom is -0.355 e. The van der Waals surface area contributed by atoms with Crippen LogP contribution in [0.25, 0.3) is 0 Å². The molecule has 1 aromatic carbocycles. The van der Waals surface area contributed by atoms with E-state index in [0.717, 1.165) is 6.07 Å². The zero-order valence-electron chi connectivity index (χ0n) is 15.5. The maximum absolute atomic E-state index is 14.1. The van der Waals surface area contributed by atoms with Crippen molar-refractivity contribution in [3.05, 3.63) is 76.3 Å². The summed E-state index contributed by atoms with van der Waals surface area (Å²) in [5, 5.41) is 16.6. The van der Waals surface area contributed by atoms with Crippen LogP contribution in [-0.2, 0) is 0 Å². The number of carbonyl (C=O) groups excluding carboxylic acids is 2. The van der Waals surface area contributed by atoms with Crippen molar-refractivity contribution in [1.82, 2.24) is 15.3 Å². The van der Waals surface area contributed by atoms with E-state index in [9.17, 15) is 14.0 Å². The van der Waals surface area contributed by atoms with E-state index in [-0.39, 0.29) is 27.7 Å². The molecule has 0 aliphatic heterocycles. The molecule has 0 saturated carbocycles. The van der Waals surface area contributed by atoms with Gasteiger partial charge in [0, 0.05) is 25.5 Å². The second kappa shape index (κ2) is 8.98. The Kier molecular flexibility index (Phi) is 6.20. The number of pyridine rings is 2. The van der Waals surface area contributed by atoms with Gasteiger partial charge in [-0.2, -0.15) is 5.26 Å². The first-order chi connectivity index (χ1) is 14.4. The molecule has 2 aromatic heterocycles. The predicted octanol–water partition coefficient (Wildman–Crippen LogP) is 3.50. The summed E-state index contributed by atoms with van der Waals surface area (Å²) in [4.78, 5) is 33.0. The predicted molar refractivity (Wildman–Crippen MR) is 109 cm³/mol. The molecule has 0 spiro atoms. The molecular formula is C20H14ClFN6O2. The first kappa shape index (κ1) is 20.7. The lowest BCUT2D eigenvalue weighted by Gasteiger charge is -2.13. The van der Waals surface area contributed by atoms with Crippen molar-refractivity contribution in [1.29, 1.82) is 5.26 Å². The number of hydrogen-bond donors (Lipinski definition) is 3. The summed E-state index contributed by atoms with van der Waals surface area (Å²) in [7, 11) is 1.43. The van der Waals surface area contributed by atoms with Crippen molar-refractivity contribution in [2.45, 2.75) is 0 Å². The minimum absolute atomic E-state index is 0.0663. The van der Waals surface area contributed by atoms with Crippen LogP contribution in [0.4, 0.5) is 21.7 Å². The number of benzene rings is 1. The summed E-state index contributed by atoms with van der Waals surface area (Å²) < 4.78 is 14.1. The molecule has 0 atom stereocenters. The van der Waals surface area contributed by atoms with Gasteiger partial charge >= 0.3 is 0 Å². The molecule has 3 N–H and O–H groups in total. The third kappa shape index (κ3) is 4.51. The molecule has 2 heterocycles. The number of rotatable bonds is 5.